The van der Waals surface area contributed by atoms with Crippen molar-refractivity contribution in [2.24, 2.45) is 0 Å². The molecule has 0 aromatic rings. The average Bonchev–Trinajstić information content (AvgIpc) is 3.05. The van der Waals surface area contributed by atoms with Crippen molar-refractivity contribution in [3.8, 4) is 0 Å². The molecule has 0 heterocycles. The molecule has 6 nitrogen and oxygen atoms in total. The largest absolute Gasteiger partial charge is 3.00 e. The van der Waals surface area contributed by atoms with Crippen LogP contribution >= 0.6 is 0 Å². The molecule has 0 aliphatic heterocycles. The monoisotopic (exact) mass is 839 g/mol. The Morgan fingerprint density at radius 1 is 0.327 bits per heavy atom. The van der Waals surface area contributed by atoms with Gasteiger partial charge in [-0.3, -0.25) is 0 Å². The number of carbonyl (C=O) groups is 3. The number of carboxylic acids is 3. The van der Waals surface area contributed by atoms with E-state index in [9.17, 15) is 29.7 Å². The van der Waals surface area contributed by atoms with Gasteiger partial charge in [-0.05, 0) is 56.8 Å². The molecule has 0 saturated carbocycles. The number of hydrogen-bond donors (Lipinski definition) is 0. The van der Waals surface area contributed by atoms with Crippen molar-refractivity contribution in [2.75, 3.05) is 0 Å². The standard InChI is InChI=1S/3C14H26O2.Dy/c3*1-2-3-4-5-6-7-8-9-10-11-12-13-14(15)16;/h3*12-13H,2-11H2,1H3,(H,15,16);/q;;;+3/p-3. The maximum absolute atomic E-state index is 10.1. The number of rotatable bonds is 33. The van der Waals surface area contributed by atoms with Gasteiger partial charge in [-0.2, -0.15) is 0 Å². The number of allylic oxidation sites excluding steroid dienone is 3. The fourth-order valence-electron chi connectivity index (χ4n) is 5.26. The summed E-state index contributed by atoms with van der Waals surface area (Å²) in [6.07, 6.45) is 46.2. The van der Waals surface area contributed by atoms with E-state index in [2.05, 4.69) is 20.8 Å². The van der Waals surface area contributed by atoms with Crippen molar-refractivity contribution < 1.29 is 67.9 Å². The number of carbonyl (C=O) groups excluding carboxylic acids is 3. The smallest absolute Gasteiger partial charge is 0.545 e. The SMILES string of the molecule is CCCCCCCCCCCC=CC(=O)[O-].CCCCCCCCCCCC=CC(=O)[O-].CCCCCCCCCCCC=CC(=O)[O-].[Dy+3]. The Morgan fingerprint density at radius 2 is 0.490 bits per heavy atom. The van der Waals surface area contributed by atoms with Gasteiger partial charge in [0.05, 0.1) is 17.9 Å². The molecule has 0 aliphatic carbocycles. The van der Waals surface area contributed by atoms with Gasteiger partial charge in [0, 0.05) is 0 Å². The second-order valence-electron chi connectivity index (χ2n) is 13.0. The normalized spacial score (nSPS) is 10.8. The van der Waals surface area contributed by atoms with E-state index in [0.717, 1.165) is 56.8 Å². The first-order valence-electron chi connectivity index (χ1n) is 19.9. The molecule has 0 rings (SSSR count). The summed E-state index contributed by atoms with van der Waals surface area (Å²) in [5, 5.41) is 30.2. The molecule has 0 saturated heterocycles. The van der Waals surface area contributed by atoms with Crippen molar-refractivity contribution in [2.45, 2.75) is 213 Å². The molecule has 0 aromatic heterocycles. The molecule has 0 unspecified atom stereocenters. The number of hydrogen-bond acceptors (Lipinski definition) is 6. The van der Waals surface area contributed by atoms with E-state index in [-0.39, 0.29) is 38.2 Å². The van der Waals surface area contributed by atoms with Gasteiger partial charge in [0.25, 0.3) is 0 Å². The minimum atomic E-state index is -1.09. The predicted molar refractivity (Wildman–Crippen MR) is 198 cm³/mol. The van der Waals surface area contributed by atoms with Crippen LogP contribution in [0.2, 0.25) is 0 Å². The minimum absolute atomic E-state index is 0. The zero-order chi connectivity index (χ0) is 36.2. The Bertz CT molecular complexity index is 662. The topological polar surface area (TPSA) is 120 Å². The third-order valence-corrected chi connectivity index (χ3v) is 8.18. The summed E-state index contributed by atoms with van der Waals surface area (Å²) in [4.78, 5) is 30.2. The zero-order valence-corrected chi connectivity index (χ0v) is 34.0. The maximum atomic E-state index is 10.1. The molecule has 0 N–H and O–H groups in total. The molecule has 289 valence electrons. The van der Waals surface area contributed by atoms with Crippen LogP contribution < -0.4 is 15.3 Å². The second-order valence-corrected chi connectivity index (χ2v) is 13.0. The van der Waals surface area contributed by atoms with Crippen molar-refractivity contribution in [1.82, 2.24) is 0 Å². The van der Waals surface area contributed by atoms with Crippen molar-refractivity contribution in [3.63, 3.8) is 0 Å². The van der Waals surface area contributed by atoms with E-state index in [1.54, 1.807) is 18.2 Å². The van der Waals surface area contributed by atoms with E-state index in [1.165, 1.54) is 154 Å². The van der Waals surface area contributed by atoms with Crippen LogP contribution in [-0.2, 0) is 14.4 Å². The fourth-order valence-corrected chi connectivity index (χ4v) is 5.26. The predicted octanol–water partition coefficient (Wildman–Crippen LogP) is 9.64. The van der Waals surface area contributed by atoms with E-state index < -0.39 is 17.9 Å². The second kappa shape index (κ2) is 51.3. The third-order valence-electron chi connectivity index (χ3n) is 8.18. The average molecular weight is 839 g/mol. The molecule has 0 bridgehead atoms. The molecule has 49 heavy (non-hydrogen) atoms. The molecule has 0 aromatic carbocycles. The number of aliphatic carboxylic acids is 3. The van der Waals surface area contributed by atoms with Crippen LogP contribution in [0.5, 0.6) is 0 Å². The van der Waals surface area contributed by atoms with Crippen molar-refractivity contribution in [3.05, 3.63) is 36.5 Å². The van der Waals surface area contributed by atoms with Crippen LogP contribution in [0.3, 0.4) is 0 Å². The quantitative estimate of drug-likeness (QED) is 0.0480. The Labute approximate surface area is 333 Å². The van der Waals surface area contributed by atoms with Crippen LogP contribution in [0.15, 0.2) is 36.5 Å². The molecule has 0 spiro atoms. The van der Waals surface area contributed by atoms with Crippen LogP contribution in [-0.4, -0.2) is 17.9 Å². The third kappa shape index (κ3) is 65.8. The molecule has 0 atom stereocenters. The summed E-state index contributed by atoms with van der Waals surface area (Å²) in [5.41, 5.74) is 0. The Balaban J connectivity index is -0.000000307. The molecule has 0 amide bonds. The Hall–Kier alpha value is -1.10. The molecule has 0 aliphatic rings. The molecular weight excluding hydrogens is 763 g/mol. The first kappa shape index (κ1) is 54.7. The maximum Gasteiger partial charge on any atom is 3.00 e. The summed E-state index contributed by atoms with van der Waals surface area (Å²) in [6, 6.07) is 0. The first-order chi connectivity index (χ1) is 23.3. The Kier molecular flexibility index (Phi) is 57.2. The molecular formula is C42H75DyO6. The molecule has 0 fully saturated rings. The van der Waals surface area contributed by atoms with E-state index in [1.807, 2.05) is 0 Å². The Morgan fingerprint density at radius 3 is 0.653 bits per heavy atom. The van der Waals surface area contributed by atoms with Gasteiger partial charge >= 0.3 is 38.2 Å². The van der Waals surface area contributed by atoms with Crippen LogP contribution in [0, 0.1) is 38.2 Å². The van der Waals surface area contributed by atoms with Gasteiger partial charge in [0.2, 0.25) is 0 Å². The minimum Gasteiger partial charge on any atom is -0.545 e. The van der Waals surface area contributed by atoms with Gasteiger partial charge in [-0.15, -0.1) is 0 Å². The molecule has 1 radical (unpaired) electrons. The van der Waals surface area contributed by atoms with Crippen molar-refractivity contribution >= 4 is 17.9 Å². The first-order valence-corrected chi connectivity index (χ1v) is 19.9. The number of unbranched alkanes of at least 4 members (excludes halogenated alkanes) is 27. The van der Waals surface area contributed by atoms with E-state index in [0.29, 0.717) is 0 Å². The van der Waals surface area contributed by atoms with Crippen LogP contribution in [0.1, 0.15) is 213 Å². The summed E-state index contributed by atoms with van der Waals surface area (Å²) < 4.78 is 0. The van der Waals surface area contributed by atoms with E-state index >= 15 is 0 Å². The van der Waals surface area contributed by atoms with Crippen LogP contribution in [0.25, 0.3) is 0 Å². The van der Waals surface area contributed by atoms with Crippen molar-refractivity contribution in [1.29, 1.82) is 0 Å². The van der Waals surface area contributed by atoms with Gasteiger partial charge in [0.15, 0.2) is 0 Å². The van der Waals surface area contributed by atoms with Gasteiger partial charge in [-0.25, -0.2) is 0 Å². The summed E-state index contributed by atoms with van der Waals surface area (Å²) in [5.74, 6) is -3.26. The summed E-state index contributed by atoms with van der Waals surface area (Å²) in [6.45, 7) is 6.71. The zero-order valence-electron chi connectivity index (χ0n) is 31.9. The van der Waals surface area contributed by atoms with Gasteiger partial charge in [0.1, 0.15) is 0 Å². The van der Waals surface area contributed by atoms with E-state index in [4.69, 9.17) is 0 Å². The van der Waals surface area contributed by atoms with Gasteiger partial charge in [-0.1, -0.05) is 193 Å². The van der Waals surface area contributed by atoms with Gasteiger partial charge < -0.3 is 29.7 Å². The fraction of sp³-hybridized carbons (Fsp3) is 0.786. The van der Waals surface area contributed by atoms with Crippen LogP contribution in [0.4, 0.5) is 0 Å². The number of carboxylic acid groups (broad SMARTS) is 3. The summed E-state index contributed by atoms with van der Waals surface area (Å²) >= 11 is 0. The molecule has 7 heteroatoms. The summed E-state index contributed by atoms with van der Waals surface area (Å²) in [7, 11) is 0.